The van der Waals surface area contributed by atoms with E-state index in [2.05, 4.69) is 15.6 Å². The fourth-order valence-electron chi connectivity index (χ4n) is 1.59. The van der Waals surface area contributed by atoms with Crippen molar-refractivity contribution in [1.29, 1.82) is 0 Å². The van der Waals surface area contributed by atoms with Gasteiger partial charge in [0.05, 0.1) is 0 Å². The van der Waals surface area contributed by atoms with Crippen LogP contribution in [0.3, 0.4) is 0 Å². The first-order chi connectivity index (χ1) is 8.47. The van der Waals surface area contributed by atoms with E-state index in [0.29, 0.717) is 13.0 Å². The maximum atomic E-state index is 11.5. The molecule has 0 aliphatic heterocycles. The molecule has 1 heterocycles. The van der Waals surface area contributed by atoms with Gasteiger partial charge in [-0.3, -0.25) is 9.78 Å². The number of nitrogens with one attached hydrogen (secondary N) is 2. The molecular weight excluding hydrogens is 226 g/mol. The molecule has 0 saturated heterocycles. The summed E-state index contributed by atoms with van der Waals surface area (Å²) in [5, 5.41) is 6.21. The SMILES string of the molecule is CC(C)(C)NC(=O)CCNCCc1ccncc1. The summed E-state index contributed by atoms with van der Waals surface area (Å²) in [4.78, 5) is 15.5. The maximum Gasteiger partial charge on any atom is 0.221 e. The fraction of sp³-hybridized carbons (Fsp3) is 0.571. The summed E-state index contributed by atoms with van der Waals surface area (Å²) in [6.07, 6.45) is 5.08. The molecule has 0 aliphatic carbocycles. The minimum atomic E-state index is -0.145. The summed E-state index contributed by atoms with van der Waals surface area (Å²) >= 11 is 0. The fourth-order valence-corrected chi connectivity index (χ4v) is 1.59. The van der Waals surface area contributed by atoms with E-state index in [4.69, 9.17) is 0 Å². The zero-order valence-corrected chi connectivity index (χ0v) is 11.5. The van der Waals surface area contributed by atoms with Gasteiger partial charge in [-0.2, -0.15) is 0 Å². The van der Waals surface area contributed by atoms with Gasteiger partial charge in [0.25, 0.3) is 0 Å². The lowest BCUT2D eigenvalue weighted by Gasteiger charge is -2.20. The monoisotopic (exact) mass is 249 g/mol. The smallest absolute Gasteiger partial charge is 0.221 e. The molecule has 1 amide bonds. The molecular formula is C14H23N3O. The quantitative estimate of drug-likeness (QED) is 0.752. The number of carbonyl (C=O) groups is 1. The first kappa shape index (κ1) is 14.6. The maximum absolute atomic E-state index is 11.5. The summed E-state index contributed by atoms with van der Waals surface area (Å²) in [5.41, 5.74) is 1.12. The highest BCUT2D eigenvalue weighted by molar-refractivity contribution is 5.76. The Hall–Kier alpha value is -1.42. The van der Waals surface area contributed by atoms with E-state index < -0.39 is 0 Å². The molecule has 2 N–H and O–H groups in total. The van der Waals surface area contributed by atoms with Crippen LogP contribution in [-0.4, -0.2) is 29.5 Å². The van der Waals surface area contributed by atoms with E-state index in [1.807, 2.05) is 32.9 Å². The van der Waals surface area contributed by atoms with Crippen molar-refractivity contribution in [2.24, 2.45) is 0 Å². The van der Waals surface area contributed by atoms with Gasteiger partial charge in [0.15, 0.2) is 0 Å². The molecule has 0 bridgehead atoms. The second-order valence-electron chi connectivity index (χ2n) is 5.40. The number of carbonyl (C=O) groups excluding carboxylic acids is 1. The van der Waals surface area contributed by atoms with Gasteiger partial charge in [0.2, 0.25) is 5.91 Å². The largest absolute Gasteiger partial charge is 0.351 e. The van der Waals surface area contributed by atoms with E-state index in [1.54, 1.807) is 12.4 Å². The van der Waals surface area contributed by atoms with Crippen LogP contribution in [0, 0.1) is 0 Å². The first-order valence-electron chi connectivity index (χ1n) is 6.38. The Kier molecular flexibility index (Phi) is 5.78. The Labute approximate surface area is 109 Å². The standard InChI is InChI=1S/C14H23N3O/c1-14(2,3)17-13(18)7-11-16-10-6-12-4-8-15-9-5-12/h4-5,8-9,16H,6-7,10-11H2,1-3H3,(H,17,18). The van der Waals surface area contributed by atoms with Crippen LogP contribution in [0.2, 0.25) is 0 Å². The minimum absolute atomic E-state index is 0.0962. The predicted molar refractivity (Wildman–Crippen MR) is 73.3 cm³/mol. The number of aromatic nitrogens is 1. The van der Waals surface area contributed by atoms with Gasteiger partial charge >= 0.3 is 0 Å². The number of pyridine rings is 1. The van der Waals surface area contributed by atoms with Crippen molar-refractivity contribution in [3.8, 4) is 0 Å². The third kappa shape index (κ3) is 7.01. The van der Waals surface area contributed by atoms with Crippen molar-refractivity contribution in [3.05, 3.63) is 30.1 Å². The number of hydrogen-bond donors (Lipinski definition) is 2. The summed E-state index contributed by atoms with van der Waals surface area (Å²) in [6.45, 7) is 7.56. The molecule has 1 rings (SSSR count). The van der Waals surface area contributed by atoms with E-state index in [-0.39, 0.29) is 11.4 Å². The van der Waals surface area contributed by atoms with Gasteiger partial charge in [-0.1, -0.05) is 0 Å². The van der Waals surface area contributed by atoms with Gasteiger partial charge < -0.3 is 10.6 Å². The zero-order valence-electron chi connectivity index (χ0n) is 11.5. The van der Waals surface area contributed by atoms with E-state index in [0.717, 1.165) is 13.0 Å². The third-order valence-corrected chi connectivity index (χ3v) is 2.38. The third-order valence-electron chi connectivity index (χ3n) is 2.38. The molecule has 0 spiro atoms. The van der Waals surface area contributed by atoms with Crippen LogP contribution in [0.15, 0.2) is 24.5 Å². The number of hydrogen-bond acceptors (Lipinski definition) is 3. The number of rotatable bonds is 6. The van der Waals surface area contributed by atoms with Crippen molar-refractivity contribution >= 4 is 5.91 Å². The van der Waals surface area contributed by atoms with Crippen molar-refractivity contribution in [3.63, 3.8) is 0 Å². The lowest BCUT2D eigenvalue weighted by molar-refractivity contribution is -0.122. The molecule has 0 radical (unpaired) electrons. The van der Waals surface area contributed by atoms with Crippen molar-refractivity contribution in [2.45, 2.75) is 39.2 Å². The molecule has 0 fully saturated rings. The molecule has 100 valence electrons. The van der Waals surface area contributed by atoms with E-state index in [1.165, 1.54) is 5.56 Å². The van der Waals surface area contributed by atoms with E-state index >= 15 is 0 Å². The molecule has 1 aromatic rings. The molecule has 0 aliphatic rings. The van der Waals surface area contributed by atoms with Crippen molar-refractivity contribution in [2.75, 3.05) is 13.1 Å². The summed E-state index contributed by atoms with van der Waals surface area (Å²) in [6, 6.07) is 4.02. The van der Waals surface area contributed by atoms with Gasteiger partial charge in [0.1, 0.15) is 0 Å². The highest BCUT2D eigenvalue weighted by atomic mass is 16.1. The highest BCUT2D eigenvalue weighted by Gasteiger charge is 2.12. The van der Waals surface area contributed by atoms with Crippen LogP contribution in [0.1, 0.15) is 32.8 Å². The van der Waals surface area contributed by atoms with Gasteiger partial charge in [-0.05, 0) is 51.4 Å². The average molecular weight is 249 g/mol. The minimum Gasteiger partial charge on any atom is -0.351 e. The van der Waals surface area contributed by atoms with E-state index in [9.17, 15) is 4.79 Å². The molecule has 0 saturated carbocycles. The highest BCUT2D eigenvalue weighted by Crippen LogP contribution is 1.99. The summed E-state index contributed by atoms with van der Waals surface area (Å²) < 4.78 is 0. The molecule has 1 aromatic heterocycles. The summed E-state index contributed by atoms with van der Waals surface area (Å²) in [7, 11) is 0. The topological polar surface area (TPSA) is 54.0 Å². The van der Waals surface area contributed by atoms with Crippen LogP contribution in [0.4, 0.5) is 0 Å². The van der Waals surface area contributed by atoms with Gasteiger partial charge in [-0.25, -0.2) is 0 Å². The molecule has 0 atom stereocenters. The first-order valence-corrected chi connectivity index (χ1v) is 6.38. The Balaban J connectivity index is 2.07. The molecule has 4 nitrogen and oxygen atoms in total. The second-order valence-corrected chi connectivity index (χ2v) is 5.40. The summed E-state index contributed by atoms with van der Waals surface area (Å²) in [5.74, 6) is 0.0962. The Morgan fingerprint density at radius 1 is 1.22 bits per heavy atom. The Morgan fingerprint density at radius 3 is 2.50 bits per heavy atom. The van der Waals surface area contributed by atoms with Gasteiger partial charge in [-0.15, -0.1) is 0 Å². The Bertz CT molecular complexity index is 357. The lowest BCUT2D eigenvalue weighted by atomic mass is 10.1. The predicted octanol–water partition coefficient (Wildman–Crippen LogP) is 1.52. The molecule has 18 heavy (non-hydrogen) atoms. The molecule has 0 unspecified atom stereocenters. The zero-order chi connectivity index (χ0) is 13.4. The lowest BCUT2D eigenvalue weighted by Crippen LogP contribution is -2.41. The number of amides is 1. The van der Waals surface area contributed by atoms with Crippen LogP contribution in [-0.2, 0) is 11.2 Å². The Morgan fingerprint density at radius 2 is 1.89 bits per heavy atom. The van der Waals surface area contributed by atoms with Crippen LogP contribution < -0.4 is 10.6 Å². The molecule has 0 aromatic carbocycles. The van der Waals surface area contributed by atoms with Crippen molar-refractivity contribution in [1.82, 2.24) is 15.6 Å². The molecule has 4 heteroatoms. The average Bonchev–Trinajstić information content (AvgIpc) is 2.27. The second kappa shape index (κ2) is 7.11. The van der Waals surface area contributed by atoms with Crippen molar-refractivity contribution < 1.29 is 4.79 Å². The van der Waals surface area contributed by atoms with Crippen LogP contribution in [0.5, 0.6) is 0 Å². The number of nitrogens with zero attached hydrogens (tertiary/aromatic N) is 1. The van der Waals surface area contributed by atoms with Gasteiger partial charge in [0, 0.05) is 30.9 Å². The normalized spacial score (nSPS) is 11.3. The van der Waals surface area contributed by atoms with Crippen LogP contribution >= 0.6 is 0 Å². The van der Waals surface area contributed by atoms with Crippen LogP contribution in [0.25, 0.3) is 0 Å².